The summed E-state index contributed by atoms with van der Waals surface area (Å²) in [7, 11) is 0. The molecule has 0 N–H and O–H groups in total. The van der Waals surface area contributed by atoms with Gasteiger partial charge in [-0.3, -0.25) is 0 Å². The molecular weight excluding hydrogens is 737 g/mol. The Morgan fingerprint density at radius 3 is 1.45 bits per heavy atom. The number of fused-ring (bicyclic) bond motifs is 14. The molecule has 0 nitrogen and oxygen atoms in total. The normalized spacial score (nSPS) is 12.1. The minimum absolute atomic E-state index is 1.25. The molecule has 2 aromatic heterocycles. The molecule has 58 heavy (non-hydrogen) atoms. The van der Waals surface area contributed by atoms with Gasteiger partial charge in [0.25, 0.3) is 0 Å². The Bertz CT molecular complexity index is 3800. The van der Waals surface area contributed by atoms with Crippen LogP contribution in [-0.4, -0.2) is 0 Å². The Labute approximate surface area is 342 Å². The van der Waals surface area contributed by atoms with Crippen LogP contribution in [0.3, 0.4) is 0 Å². The van der Waals surface area contributed by atoms with Crippen LogP contribution in [0.15, 0.2) is 194 Å². The van der Waals surface area contributed by atoms with E-state index in [4.69, 9.17) is 0 Å². The zero-order valence-corrected chi connectivity index (χ0v) is 32.9. The number of benzene rings is 11. The van der Waals surface area contributed by atoms with Gasteiger partial charge >= 0.3 is 0 Å². The zero-order chi connectivity index (χ0) is 37.9. The van der Waals surface area contributed by atoms with Gasteiger partial charge in [-0.05, 0) is 100 Å². The highest BCUT2D eigenvalue weighted by atomic mass is 32.1. The molecule has 0 aliphatic carbocycles. The Morgan fingerprint density at radius 1 is 0.259 bits per heavy atom. The summed E-state index contributed by atoms with van der Waals surface area (Å²) in [6.45, 7) is 0. The third-order valence-corrected chi connectivity index (χ3v) is 14.8. The fraction of sp³-hybridized carbons (Fsp3) is 0. The largest absolute Gasteiger partial charge is 0.134 e. The smallest absolute Gasteiger partial charge is 0.0455 e. The van der Waals surface area contributed by atoms with E-state index in [1.807, 2.05) is 22.7 Å². The molecule has 0 unspecified atom stereocenters. The fourth-order valence-electron chi connectivity index (χ4n) is 9.99. The van der Waals surface area contributed by atoms with Gasteiger partial charge in [0.1, 0.15) is 0 Å². The minimum atomic E-state index is 1.25. The average Bonchev–Trinajstić information content (AvgIpc) is 3.87. The summed E-state index contributed by atoms with van der Waals surface area (Å²) in [5, 5.41) is 18.3. The third kappa shape index (κ3) is 4.50. The van der Waals surface area contributed by atoms with Crippen molar-refractivity contribution >= 4 is 117 Å². The van der Waals surface area contributed by atoms with Crippen molar-refractivity contribution in [2.75, 3.05) is 0 Å². The maximum absolute atomic E-state index is 2.46. The number of hydrogen-bond acceptors (Lipinski definition) is 2. The van der Waals surface area contributed by atoms with Crippen LogP contribution < -0.4 is 0 Å². The molecule has 0 spiro atoms. The first kappa shape index (κ1) is 32.3. The van der Waals surface area contributed by atoms with Gasteiger partial charge in [-0.1, -0.05) is 176 Å². The molecule has 0 atom stereocenters. The van der Waals surface area contributed by atoms with Gasteiger partial charge in [0.2, 0.25) is 0 Å². The molecule has 13 rings (SSSR count). The van der Waals surface area contributed by atoms with Gasteiger partial charge in [0, 0.05) is 45.7 Å². The summed E-state index contributed by atoms with van der Waals surface area (Å²) in [6, 6.07) is 72.4. The standard InChI is InChI=1S/C56H32S2/c1-2-16-35-33(14-1)15-13-26-39(35)51-40-19-5-7-21-42(40)52(43-22-8-6-20-41(43)51)45-30-29-36(37-17-3-4-18-38(37)45)34-28-31-50-48(32-34)53-44-23-9-10-24-46(44)55-54(56(53)58-50)47-25-11-12-27-49(47)57-55/h1-32H. The summed E-state index contributed by atoms with van der Waals surface area (Å²) < 4.78 is 5.47. The summed E-state index contributed by atoms with van der Waals surface area (Å²) in [6.07, 6.45) is 0. The highest BCUT2D eigenvalue weighted by Crippen LogP contribution is 2.51. The van der Waals surface area contributed by atoms with Crippen LogP contribution in [-0.2, 0) is 0 Å². The molecular formula is C56H32S2. The van der Waals surface area contributed by atoms with E-state index in [0.717, 1.165) is 0 Å². The second kappa shape index (κ2) is 12.3. The molecule has 0 amide bonds. The van der Waals surface area contributed by atoms with E-state index >= 15 is 0 Å². The highest BCUT2D eigenvalue weighted by molar-refractivity contribution is 7.30. The Balaban J connectivity index is 1.07. The minimum Gasteiger partial charge on any atom is -0.134 e. The van der Waals surface area contributed by atoms with Crippen LogP contribution >= 0.6 is 22.7 Å². The molecule has 0 aliphatic rings. The maximum Gasteiger partial charge on any atom is 0.0455 e. The third-order valence-electron chi connectivity index (χ3n) is 12.4. The molecule has 2 heteroatoms. The van der Waals surface area contributed by atoms with Crippen LogP contribution in [0.2, 0.25) is 0 Å². The number of hydrogen-bond donors (Lipinski definition) is 0. The predicted molar refractivity (Wildman–Crippen MR) is 256 cm³/mol. The molecule has 0 fully saturated rings. The van der Waals surface area contributed by atoms with E-state index in [0.29, 0.717) is 0 Å². The van der Waals surface area contributed by atoms with Crippen LogP contribution in [0.5, 0.6) is 0 Å². The summed E-state index contributed by atoms with van der Waals surface area (Å²) in [5.74, 6) is 0. The van der Waals surface area contributed by atoms with Crippen LogP contribution in [0.25, 0.3) is 128 Å². The Morgan fingerprint density at radius 2 is 0.741 bits per heavy atom. The van der Waals surface area contributed by atoms with Gasteiger partial charge in [-0.25, -0.2) is 0 Å². The van der Waals surface area contributed by atoms with Gasteiger partial charge in [0.15, 0.2) is 0 Å². The Hall–Kier alpha value is -6.84. The SMILES string of the molecule is c1ccc2c(-c3c4ccccc4c(-c4ccc(-c5ccc6sc7c(c6c5)c5ccccc5c5sc6ccccc6c57)c5ccccc45)c4ccccc34)cccc2c1. The van der Waals surface area contributed by atoms with E-state index in [1.54, 1.807) is 0 Å². The monoisotopic (exact) mass is 768 g/mol. The fourth-order valence-corrected chi connectivity index (χ4v) is 12.6. The average molecular weight is 769 g/mol. The van der Waals surface area contributed by atoms with Gasteiger partial charge in [-0.15, -0.1) is 22.7 Å². The number of rotatable bonds is 3. The van der Waals surface area contributed by atoms with Gasteiger partial charge < -0.3 is 0 Å². The first-order valence-electron chi connectivity index (χ1n) is 19.9. The summed E-state index contributed by atoms with van der Waals surface area (Å²) >= 11 is 3.87. The second-order valence-corrected chi connectivity index (χ2v) is 17.5. The van der Waals surface area contributed by atoms with Gasteiger partial charge in [0.05, 0.1) is 0 Å². The molecule has 0 saturated carbocycles. The van der Waals surface area contributed by atoms with Crippen molar-refractivity contribution in [2.45, 2.75) is 0 Å². The lowest BCUT2D eigenvalue weighted by atomic mass is 9.83. The maximum atomic E-state index is 2.46. The second-order valence-electron chi connectivity index (χ2n) is 15.4. The molecule has 0 saturated heterocycles. The van der Waals surface area contributed by atoms with E-state index in [-0.39, 0.29) is 0 Å². The molecule has 0 bridgehead atoms. The van der Waals surface area contributed by atoms with Crippen LogP contribution in [0, 0.1) is 0 Å². The van der Waals surface area contributed by atoms with Crippen molar-refractivity contribution in [1.82, 2.24) is 0 Å². The zero-order valence-electron chi connectivity index (χ0n) is 31.3. The van der Waals surface area contributed by atoms with Crippen molar-refractivity contribution in [1.29, 1.82) is 0 Å². The lowest BCUT2D eigenvalue weighted by Gasteiger charge is -2.20. The number of thiophene rings is 2. The summed E-state index contributed by atoms with van der Waals surface area (Å²) in [4.78, 5) is 0. The van der Waals surface area contributed by atoms with Crippen LogP contribution in [0.4, 0.5) is 0 Å². The van der Waals surface area contributed by atoms with E-state index < -0.39 is 0 Å². The molecule has 0 aliphatic heterocycles. The molecule has 11 aromatic carbocycles. The van der Waals surface area contributed by atoms with Crippen LogP contribution in [0.1, 0.15) is 0 Å². The first-order valence-corrected chi connectivity index (χ1v) is 21.6. The van der Waals surface area contributed by atoms with E-state index in [2.05, 4.69) is 194 Å². The van der Waals surface area contributed by atoms with Crippen molar-refractivity contribution in [3.05, 3.63) is 194 Å². The molecule has 13 aromatic rings. The first-order chi connectivity index (χ1) is 28.8. The van der Waals surface area contributed by atoms with Crippen molar-refractivity contribution < 1.29 is 0 Å². The molecule has 268 valence electrons. The topological polar surface area (TPSA) is 0 Å². The predicted octanol–water partition coefficient (Wildman–Crippen LogP) is 17.2. The quantitative estimate of drug-likeness (QED) is 0.157. The molecule has 0 radical (unpaired) electrons. The van der Waals surface area contributed by atoms with E-state index in [9.17, 15) is 0 Å². The summed E-state index contributed by atoms with van der Waals surface area (Å²) in [5.41, 5.74) is 7.62. The Kier molecular flexibility index (Phi) is 6.86. The van der Waals surface area contributed by atoms with Crippen molar-refractivity contribution in [2.24, 2.45) is 0 Å². The lowest BCUT2D eigenvalue weighted by Crippen LogP contribution is -1.93. The van der Waals surface area contributed by atoms with Crippen molar-refractivity contribution in [3.63, 3.8) is 0 Å². The van der Waals surface area contributed by atoms with E-state index in [1.165, 1.54) is 128 Å². The van der Waals surface area contributed by atoms with Gasteiger partial charge in [-0.2, -0.15) is 0 Å². The highest BCUT2D eigenvalue weighted by Gasteiger charge is 2.22. The lowest BCUT2D eigenvalue weighted by molar-refractivity contribution is 1.67. The molecule has 2 heterocycles. The van der Waals surface area contributed by atoms with Crippen molar-refractivity contribution in [3.8, 4) is 33.4 Å².